The number of thioether (sulfide) groups is 1. The number of fused-ring (bicyclic) bond motifs is 1. The lowest BCUT2D eigenvalue weighted by molar-refractivity contribution is -0.144. The Morgan fingerprint density at radius 3 is 2.54 bits per heavy atom. The molecule has 0 aliphatic carbocycles. The van der Waals surface area contributed by atoms with E-state index in [1.54, 1.807) is 30.5 Å². The SMILES string of the molecule is CC(C)N1C(=O)C(=O)N(CC(=O)N2CC[C@@H](C)Sc3ccccc32)C1=O. The molecule has 1 saturated heterocycles. The molecule has 26 heavy (non-hydrogen) atoms. The van der Waals surface area contributed by atoms with Crippen molar-refractivity contribution in [2.24, 2.45) is 0 Å². The van der Waals surface area contributed by atoms with Crippen molar-refractivity contribution >= 4 is 41.2 Å². The molecule has 2 aliphatic rings. The van der Waals surface area contributed by atoms with Gasteiger partial charge in [0.05, 0.1) is 5.69 Å². The van der Waals surface area contributed by atoms with Crippen molar-refractivity contribution in [1.29, 1.82) is 0 Å². The van der Waals surface area contributed by atoms with Crippen LogP contribution in [-0.4, -0.2) is 57.9 Å². The van der Waals surface area contributed by atoms with Gasteiger partial charge in [-0.1, -0.05) is 19.1 Å². The molecule has 0 saturated carbocycles. The van der Waals surface area contributed by atoms with Gasteiger partial charge in [-0.2, -0.15) is 0 Å². The number of benzene rings is 1. The van der Waals surface area contributed by atoms with Crippen molar-refractivity contribution < 1.29 is 19.2 Å². The predicted molar refractivity (Wildman–Crippen MR) is 97.8 cm³/mol. The standard InChI is InChI=1S/C18H21N3O4S/c1-11(2)21-17(24)16(23)20(18(21)25)10-15(22)19-9-8-12(3)26-14-7-5-4-6-13(14)19/h4-7,11-12H,8-10H2,1-3H3/t12-/m1/s1. The number of imide groups is 2. The molecular weight excluding hydrogens is 354 g/mol. The van der Waals surface area contributed by atoms with Crippen LogP contribution in [0.3, 0.4) is 0 Å². The number of amides is 5. The fourth-order valence-corrected chi connectivity index (χ4v) is 4.20. The topological polar surface area (TPSA) is 78.0 Å². The summed E-state index contributed by atoms with van der Waals surface area (Å²) in [5.74, 6) is -2.19. The summed E-state index contributed by atoms with van der Waals surface area (Å²) >= 11 is 1.70. The Morgan fingerprint density at radius 2 is 1.88 bits per heavy atom. The van der Waals surface area contributed by atoms with Gasteiger partial charge in [0, 0.05) is 22.7 Å². The van der Waals surface area contributed by atoms with Crippen LogP contribution in [0.4, 0.5) is 10.5 Å². The van der Waals surface area contributed by atoms with Crippen molar-refractivity contribution in [3.63, 3.8) is 0 Å². The van der Waals surface area contributed by atoms with E-state index >= 15 is 0 Å². The molecule has 0 N–H and O–H groups in total. The van der Waals surface area contributed by atoms with Crippen molar-refractivity contribution in [2.45, 2.75) is 43.4 Å². The number of hydrogen-bond acceptors (Lipinski definition) is 5. The van der Waals surface area contributed by atoms with Gasteiger partial charge in [0.25, 0.3) is 0 Å². The van der Waals surface area contributed by atoms with Crippen LogP contribution in [0.2, 0.25) is 0 Å². The highest BCUT2D eigenvalue weighted by molar-refractivity contribution is 8.00. The second-order valence-electron chi connectivity index (χ2n) is 6.67. The number of anilines is 1. The van der Waals surface area contributed by atoms with Crippen molar-refractivity contribution in [3.05, 3.63) is 24.3 Å². The van der Waals surface area contributed by atoms with E-state index in [9.17, 15) is 19.2 Å². The molecule has 5 amide bonds. The first-order valence-electron chi connectivity index (χ1n) is 8.56. The molecule has 138 valence electrons. The minimum Gasteiger partial charge on any atom is -0.310 e. The fraction of sp³-hybridized carbons (Fsp3) is 0.444. The molecule has 0 spiro atoms. The maximum Gasteiger partial charge on any atom is 0.334 e. The van der Waals surface area contributed by atoms with Crippen LogP contribution >= 0.6 is 11.8 Å². The highest BCUT2D eigenvalue weighted by Gasteiger charge is 2.46. The Hall–Kier alpha value is -2.35. The minimum absolute atomic E-state index is 0.349. The number of carbonyl (C=O) groups is 4. The van der Waals surface area contributed by atoms with Crippen LogP contribution < -0.4 is 4.90 Å². The lowest BCUT2D eigenvalue weighted by Gasteiger charge is -2.24. The van der Waals surface area contributed by atoms with Crippen LogP contribution in [-0.2, 0) is 14.4 Å². The average Bonchev–Trinajstić information content (AvgIpc) is 2.73. The van der Waals surface area contributed by atoms with Crippen molar-refractivity contribution in [3.8, 4) is 0 Å². The molecule has 8 heteroatoms. The Morgan fingerprint density at radius 1 is 1.19 bits per heavy atom. The van der Waals surface area contributed by atoms with Gasteiger partial charge in [-0.15, -0.1) is 11.8 Å². The quantitative estimate of drug-likeness (QED) is 0.597. The minimum atomic E-state index is -0.942. The molecule has 0 aromatic heterocycles. The Bertz CT molecular complexity index is 779. The van der Waals surface area contributed by atoms with Gasteiger partial charge in [0.2, 0.25) is 5.91 Å². The zero-order valence-electron chi connectivity index (χ0n) is 15.0. The molecule has 2 heterocycles. The lowest BCUT2D eigenvalue weighted by atomic mass is 10.2. The zero-order chi connectivity index (χ0) is 19.0. The molecule has 1 aromatic rings. The van der Waals surface area contributed by atoms with E-state index in [1.165, 1.54) is 0 Å². The van der Waals surface area contributed by atoms with E-state index in [0.29, 0.717) is 11.8 Å². The second kappa shape index (κ2) is 7.11. The third-order valence-corrected chi connectivity index (χ3v) is 5.68. The van der Waals surface area contributed by atoms with Gasteiger partial charge in [-0.3, -0.25) is 19.3 Å². The van der Waals surface area contributed by atoms with Gasteiger partial charge in [0.15, 0.2) is 0 Å². The summed E-state index contributed by atoms with van der Waals surface area (Å²) in [5.41, 5.74) is 0.776. The number of para-hydroxylation sites is 1. The predicted octanol–water partition coefficient (Wildman–Crippen LogP) is 2.10. The van der Waals surface area contributed by atoms with Gasteiger partial charge in [-0.25, -0.2) is 9.69 Å². The van der Waals surface area contributed by atoms with Crippen LogP contribution in [0.1, 0.15) is 27.2 Å². The monoisotopic (exact) mass is 375 g/mol. The molecule has 1 atom stereocenters. The van der Waals surface area contributed by atoms with Crippen LogP contribution in [0.5, 0.6) is 0 Å². The van der Waals surface area contributed by atoms with Gasteiger partial charge in [-0.05, 0) is 32.4 Å². The van der Waals surface area contributed by atoms with Gasteiger partial charge in [0.1, 0.15) is 6.54 Å². The summed E-state index contributed by atoms with van der Waals surface area (Å²) in [4.78, 5) is 53.7. The Labute approximate surface area is 156 Å². The number of hydrogen-bond donors (Lipinski definition) is 0. The molecule has 2 aliphatic heterocycles. The molecule has 7 nitrogen and oxygen atoms in total. The van der Waals surface area contributed by atoms with E-state index in [2.05, 4.69) is 6.92 Å². The number of urea groups is 1. The van der Waals surface area contributed by atoms with Crippen LogP contribution in [0, 0.1) is 0 Å². The maximum atomic E-state index is 12.9. The first-order valence-corrected chi connectivity index (χ1v) is 9.44. The Kier molecular flexibility index (Phi) is 5.04. The third-order valence-electron chi connectivity index (χ3n) is 4.44. The van der Waals surface area contributed by atoms with E-state index in [1.807, 2.05) is 24.3 Å². The highest BCUT2D eigenvalue weighted by Crippen LogP contribution is 2.37. The van der Waals surface area contributed by atoms with E-state index in [4.69, 9.17) is 0 Å². The maximum absolute atomic E-state index is 12.9. The molecule has 3 rings (SSSR count). The fourth-order valence-electron chi connectivity index (χ4n) is 3.08. The smallest absolute Gasteiger partial charge is 0.310 e. The first-order chi connectivity index (χ1) is 12.3. The van der Waals surface area contributed by atoms with E-state index < -0.39 is 30.4 Å². The third kappa shape index (κ3) is 3.21. The summed E-state index contributed by atoms with van der Waals surface area (Å²) < 4.78 is 0. The molecule has 0 bridgehead atoms. The molecule has 1 aromatic carbocycles. The number of carbonyl (C=O) groups excluding carboxylic acids is 4. The molecule has 0 unspecified atom stereocenters. The average molecular weight is 375 g/mol. The summed E-state index contributed by atoms with van der Waals surface area (Å²) in [6.07, 6.45) is 0.796. The second-order valence-corrected chi connectivity index (χ2v) is 8.15. The Balaban J connectivity index is 1.83. The summed E-state index contributed by atoms with van der Waals surface area (Å²) in [6.45, 7) is 5.47. The summed E-state index contributed by atoms with van der Waals surface area (Å²) in [6, 6.07) is 6.42. The number of rotatable bonds is 3. The zero-order valence-corrected chi connectivity index (χ0v) is 15.8. The van der Waals surface area contributed by atoms with Crippen LogP contribution in [0.15, 0.2) is 29.2 Å². The first kappa shape index (κ1) is 18.4. The van der Waals surface area contributed by atoms with Crippen molar-refractivity contribution in [1.82, 2.24) is 9.80 Å². The summed E-state index contributed by atoms with van der Waals surface area (Å²) in [7, 11) is 0. The molecular formula is C18H21N3O4S. The normalized spacial score (nSPS) is 20.7. The highest BCUT2D eigenvalue weighted by atomic mass is 32.2. The van der Waals surface area contributed by atoms with Crippen LogP contribution in [0.25, 0.3) is 0 Å². The molecule has 1 fully saturated rings. The van der Waals surface area contributed by atoms with E-state index in [-0.39, 0.29) is 5.91 Å². The number of nitrogens with zero attached hydrogens (tertiary/aromatic N) is 3. The lowest BCUT2D eigenvalue weighted by Crippen LogP contribution is -2.44. The largest absolute Gasteiger partial charge is 0.334 e. The van der Waals surface area contributed by atoms with Gasteiger partial charge >= 0.3 is 17.8 Å². The summed E-state index contributed by atoms with van der Waals surface area (Å²) in [5, 5.41) is 0.349. The van der Waals surface area contributed by atoms with Gasteiger partial charge < -0.3 is 4.90 Å². The van der Waals surface area contributed by atoms with E-state index in [0.717, 1.165) is 26.8 Å². The molecule has 0 radical (unpaired) electrons. The van der Waals surface area contributed by atoms with Crippen molar-refractivity contribution in [2.75, 3.05) is 18.0 Å².